The average molecular weight is 171 g/mol. The monoisotopic (exact) mass is 171 g/mol. The van der Waals surface area contributed by atoms with Crippen LogP contribution in [0.25, 0.3) is 0 Å². The van der Waals surface area contributed by atoms with Gasteiger partial charge in [-0.05, 0) is 13.0 Å². The molecule has 11 heavy (non-hydrogen) atoms. The lowest BCUT2D eigenvalue weighted by atomic mass is 10.3. The van der Waals surface area contributed by atoms with Gasteiger partial charge < -0.3 is 10.4 Å². The third kappa shape index (κ3) is 5.03. The van der Waals surface area contributed by atoms with Gasteiger partial charge in [-0.3, -0.25) is 0 Å². The molecule has 5 heteroatoms. The molecule has 0 spiro atoms. The van der Waals surface area contributed by atoms with Crippen LogP contribution in [0.4, 0.5) is 13.2 Å². The van der Waals surface area contributed by atoms with Gasteiger partial charge in [0.05, 0.1) is 0 Å². The van der Waals surface area contributed by atoms with Crippen LogP contribution >= 0.6 is 0 Å². The van der Waals surface area contributed by atoms with E-state index in [4.69, 9.17) is 5.11 Å². The molecule has 0 saturated heterocycles. The Kier molecular flexibility index (Phi) is 4.44. The maximum absolute atomic E-state index is 11.6. The van der Waals surface area contributed by atoms with Crippen molar-refractivity contribution in [3.63, 3.8) is 0 Å². The number of rotatable bonds is 4. The summed E-state index contributed by atoms with van der Waals surface area (Å²) in [5.74, 6) is 0. The highest BCUT2D eigenvalue weighted by Gasteiger charge is 2.37. The summed E-state index contributed by atoms with van der Waals surface area (Å²) in [6.07, 6.45) is -5.99. The van der Waals surface area contributed by atoms with E-state index in [-0.39, 0.29) is 0 Å². The molecule has 0 bridgehead atoms. The maximum Gasteiger partial charge on any atom is 0.415 e. The van der Waals surface area contributed by atoms with E-state index in [2.05, 4.69) is 5.32 Å². The van der Waals surface area contributed by atoms with E-state index in [1.165, 1.54) is 0 Å². The smallest absolute Gasteiger partial charge is 0.382 e. The fraction of sp³-hybridized carbons (Fsp3) is 1.00. The number of hydrogen-bond donors (Lipinski definition) is 2. The lowest BCUT2D eigenvalue weighted by Gasteiger charge is -2.14. The van der Waals surface area contributed by atoms with Crippen molar-refractivity contribution in [1.82, 2.24) is 5.32 Å². The number of nitrogens with one attached hydrogen (secondary N) is 1. The Labute approximate surface area is 63.4 Å². The van der Waals surface area contributed by atoms with Crippen LogP contribution in [-0.2, 0) is 0 Å². The topological polar surface area (TPSA) is 32.3 Å². The molecule has 0 aliphatic rings. The van der Waals surface area contributed by atoms with Crippen LogP contribution in [0.1, 0.15) is 13.3 Å². The van der Waals surface area contributed by atoms with E-state index in [9.17, 15) is 13.2 Å². The van der Waals surface area contributed by atoms with Gasteiger partial charge in [-0.2, -0.15) is 13.2 Å². The molecule has 0 fully saturated rings. The predicted molar refractivity (Wildman–Crippen MR) is 35.2 cm³/mol. The fourth-order valence-electron chi connectivity index (χ4n) is 0.531. The minimum absolute atomic E-state index is 0.419. The number of aliphatic hydroxyl groups is 1. The molecule has 0 aliphatic carbocycles. The van der Waals surface area contributed by atoms with Gasteiger partial charge in [-0.25, -0.2) is 0 Å². The fourth-order valence-corrected chi connectivity index (χ4v) is 0.531. The van der Waals surface area contributed by atoms with E-state index >= 15 is 0 Å². The standard InChI is InChI=1S/C6H12F3NO/c1-2-3-10-4-5(11)6(7,8)9/h5,10-11H,2-4H2,1H3. The minimum Gasteiger partial charge on any atom is -0.382 e. The molecule has 0 radical (unpaired) electrons. The molecule has 0 aromatic carbocycles. The normalized spacial score (nSPS) is 15.0. The molecule has 0 aromatic rings. The molecular weight excluding hydrogens is 159 g/mol. The third-order valence-corrected chi connectivity index (χ3v) is 1.14. The van der Waals surface area contributed by atoms with Crippen molar-refractivity contribution < 1.29 is 18.3 Å². The summed E-state index contributed by atoms with van der Waals surface area (Å²) < 4.78 is 34.8. The molecule has 0 amide bonds. The lowest BCUT2D eigenvalue weighted by Crippen LogP contribution is -2.38. The van der Waals surface area contributed by atoms with Gasteiger partial charge in [0, 0.05) is 6.54 Å². The first kappa shape index (κ1) is 10.7. The lowest BCUT2D eigenvalue weighted by molar-refractivity contribution is -0.201. The third-order valence-electron chi connectivity index (χ3n) is 1.14. The molecule has 2 nitrogen and oxygen atoms in total. The summed E-state index contributed by atoms with van der Waals surface area (Å²) in [5, 5.41) is 10.9. The van der Waals surface area contributed by atoms with Crippen molar-refractivity contribution in [2.45, 2.75) is 25.6 Å². The van der Waals surface area contributed by atoms with Crippen LogP contribution in [-0.4, -0.2) is 30.5 Å². The van der Waals surface area contributed by atoms with Crippen molar-refractivity contribution in [2.75, 3.05) is 13.1 Å². The molecule has 1 atom stereocenters. The molecular formula is C6H12F3NO. The second-order valence-corrected chi connectivity index (χ2v) is 2.26. The number of halogens is 3. The predicted octanol–water partition coefficient (Wildman–Crippen LogP) is 0.909. The first-order valence-electron chi connectivity index (χ1n) is 3.44. The highest BCUT2D eigenvalue weighted by molar-refractivity contribution is 4.67. The van der Waals surface area contributed by atoms with Crippen LogP contribution in [0, 0.1) is 0 Å². The molecule has 0 aliphatic heterocycles. The Bertz CT molecular complexity index is 104. The van der Waals surface area contributed by atoms with E-state index in [1.807, 2.05) is 6.92 Å². The molecule has 0 heterocycles. The van der Waals surface area contributed by atoms with Crippen molar-refractivity contribution in [2.24, 2.45) is 0 Å². The van der Waals surface area contributed by atoms with Gasteiger partial charge in [0.1, 0.15) is 0 Å². The van der Waals surface area contributed by atoms with Crippen molar-refractivity contribution in [3.05, 3.63) is 0 Å². The van der Waals surface area contributed by atoms with Crippen LogP contribution in [0.3, 0.4) is 0 Å². The number of hydrogen-bond acceptors (Lipinski definition) is 2. The Balaban J connectivity index is 3.44. The zero-order chi connectivity index (χ0) is 8.91. The van der Waals surface area contributed by atoms with Crippen LogP contribution in [0.5, 0.6) is 0 Å². The number of alkyl halides is 3. The van der Waals surface area contributed by atoms with Crippen molar-refractivity contribution >= 4 is 0 Å². The average Bonchev–Trinajstić information content (AvgIpc) is 1.86. The zero-order valence-electron chi connectivity index (χ0n) is 6.28. The second-order valence-electron chi connectivity index (χ2n) is 2.26. The van der Waals surface area contributed by atoms with Gasteiger partial charge in [0.15, 0.2) is 6.10 Å². The Hall–Kier alpha value is -0.290. The SMILES string of the molecule is CCCNCC(O)C(F)(F)F. The quantitative estimate of drug-likeness (QED) is 0.616. The van der Waals surface area contributed by atoms with Crippen LogP contribution in [0.15, 0.2) is 0 Å². The molecule has 68 valence electrons. The molecule has 0 rings (SSSR count). The maximum atomic E-state index is 11.6. The largest absolute Gasteiger partial charge is 0.415 e. The van der Waals surface area contributed by atoms with Crippen molar-refractivity contribution in [1.29, 1.82) is 0 Å². The Morgan fingerprint density at radius 1 is 1.45 bits per heavy atom. The Morgan fingerprint density at radius 2 is 2.00 bits per heavy atom. The first-order valence-corrected chi connectivity index (χ1v) is 3.44. The van der Waals surface area contributed by atoms with Gasteiger partial charge in [0.25, 0.3) is 0 Å². The Morgan fingerprint density at radius 3 is 2.36 bits per heavy atom. The van der Waals surface area contributed by atoms with Gasteiger partial charge in [-0.1, -0.05) is 6.92 Å². The summed E-state index contributed by atoms with van der Waals surface area (Å²) >= 11 is 0. The summed E-state index contributed by atoms with van der Waals surface area (Å²) in [7, 11) is 0. The summed E-state index contributed by atoms with van der Waals surface area (Å²) in [5.41, 5.74) is 0. The van der Waals surface area contributed by atoms with Gasteiger partial charge in [-0.15, -0.1) is 0 Å². The molecule has 0 saturated carbocycles. The van der Waals surface area contributed by atoms with Crippen LogP contribution in [0.2, 0.25) is 0 Å². The summed E-state index contributed by atoms with van der Waals surface area (Å²) in [4.78, 5) is 0. The van der Waals surface area contributed by atoms with E-state index in [0.717, 1.165) is 6.42 Å². The van der Waals surface area contributed by atoms with E-state index < -0.39 is 18.8 Å². The van der Waals surface area contributed by atoms with E-state index in [0.29, 0.717) is 6.54 Å². The van der Waals surface area contributed by atoms with Gasteiger partial charge in [0.2, 0.25) is 0 Å². The number of aliphatic hydroxyl groups excluding tert-OH is 1. The second kappa shape index (κ2) is 4.56. The minimum atomic E-state index is -4.50. The van der Waals surface area contributed by atoms with Crippen molar-refractivity contribution in [3.8, 4) is 0 Å². The summed E-state index contributed by atoms with van der Waals surface area (Å²) in [6.45, 7) is 1.91. The highest BCUT2D eigenvalue weighted by Crippen LogP contribution is 2.18. The van der Waals surface area contributed by atoms with Crippen LogP contribution < -0.4 is 5.32 Å². The highest BCUT2D eigenvalue weighted by atomic mass is 19.4. The van der Waals surface area contributed by atoms with E-state index in [1.54, 1.807) is 0 Å². The first-order chi connectivity index (χ1) is 4.98. The zero-order valence-corrected chi connectivity index (χ0v) is 6.28. The molecule has 0 aromatic heterocycles. The molecule has 2 N–H and O–H groups in total. The summed E-state index contributed by atoms with van der Waals surface area (Å²) in [6, 6.07) is 0. The van der Waals surface area contributed by atoms with Gasteiger partial charge >= 0.3 is 6.18 Å². The molecule has 1 unspecified atom stereocenters.